The van der Waals surface area contributed by atoms with Gasteiger partial charge in [-0.15, -0.1) is 0 Å². The summed E-state index contributed by atoms with van der Waals surface area (Å²) in [6.07, 6.45) is 0. The molecule has 0 saturated heterocycles. The summed E-state index contributed by atoms with van der Waals surface area (Å²) in [5.74, 6) is 0.529. The van der Waals surface area contributed by atoms with Crippen molar-refractivity contribution < 1.29 is 0 Å². The maximum Gasteiger partial charge on any atom is 0.0349 e. The minimum atomic E-state index is 0.529. The molecule has 2 aromatic carbocycles. The average Bonchev–Trinajstić information content (AvgIpc) is 2.53. The number of hydrogen-bond acceptors (Lipinski definition) is 1. The van der Waals surface area contributed by atoms with E-state index in [2.05, 4.69) is 39.0 Å². The van der Waals surface area contributed by atoms with Crippen LogP contribution in [0.1, 0.15) is 58.6 Å². The number of aryl methyl sites for hydroxylation is 1. The quantitative estimate of drug-likeness (QED) is 0.600. The van der Waals surface area contributed by atoms with Crippen LogP contribution in [0.25, 0.3) is 0 Å². The maximum absolute atomic E-state index is 5.72. The predicted octanol–water partition coefficient (Wildman–Crippen LogP) is 6.44. The van der Waals surface area contributed by atoms with Gasteiger partial charge in [-0.1, -0.05) is 95.6 Å². The first-order valence-corrected chi connectivity index (χ1v) is 7.97. The van der Waals surface area contributed by atoms with Gasteiger partial charge in [-0.05, 0) is 24.5 Å². The van der Waals surface area contributed by atoms with Crippen molar-refractivity contribution in [3.05, 3.63) is 65.7 Å². The Kier molecular flexibility index (Phi) is 15.0. The molecule has 0 heterocycles. The van der Waals surface area contributed by atoms with Gasteiger partial charge in [-0.25, -0.2) is 0 Å². The summed E-state index contributed by atoms with van der Waals surface area (Å²) in [5.41, 5.74) is 9.18. The third kappa shape index (κ3) is 10.7. The number of nitrogen functional groups attached to an aromatic ring is 1. The van der Waals surface area contributed by atoms with Gasteiger partial charge >= 0.3 is 0 Å². The molecule has 0 amide bonds. The van der Waals surface area contributed by atoms with Crippen molar-refractivity contribution >= 4 is 5.69 Å². The monoisotopic (exact) mass is 287 g/mol. The van der Waals surface area contributed by atoms with E-state index in [4.69, 9.17) is 5.73 Å². The molecule has 2 aromatic rings. The number of benzene rings is 2. The Bertz CT molecular complexity index is 433. The van der Waals surface area contributed by atoms with Gasteiger partial charge in [0.2, 0.25) is 0 Å². The van der Waals surface area contributed by atoms with E-state index in [-0.39, 0.29) is 0 Å². The van der Waals surface area contributed by atoms with Gasteiger partial charge in [-0.3, -0.25) is 0 Å². The van der Waals surface area contributed by atoms with Crippen LogP contribution in [-0.2, 0) is 0 Å². The van der Waals surface area contributed by atoms with E-state index < -0.39 is 0 Å². The molecule has 0 unspecified atom stereocenters. The summed E-state index contributed by atoms with van der Waals surface area (Å²) in [6.45, 7) is 14.4. The first kappa shape index (κ1) is 21.5. The molecule has 0 aromatic heterocycles. The molecule has 2 rings (SSSR count). The molecule has 1 heteroatoms. The molecule has 118 valence electrons. The normalized spacial score (nSPS) is 8.38. The van der Waals surface area contributed by atoms with Gasteiger partial charge in [0.15, 0.2) is 0 Å². The molecule has 0 radical (unpaired) electrons. The fourth-order valence-electron chi connectivity index (χ4n) is 1.57. The number of rotatable bonds is 1. The second kappa shape index (κ2) is 14.6. The molecule has 21 heavy (non-hydrogen) atoms. The van der Waals surface area contributed by atoms with Crippen molar-refractivity contribution in [3.8, 4) is 0 Å². The zero-order valence-corrected chi connectivity index (χ0v) is 14.9. The largest absolute Gasteiger partial charge is 0.398 e. The molecule has 0 bridgehead atoms. The molecule has 0 aliphatic rings. The van der Waals surface area contributed by atoms with E-state index in [0.717, 1.165) is 5.69 Å². The summed E-state index contributed by atoms with van der Waals surface area (Å²) in [4.78, 5) is 0. The fraction of sp³-hybridized carbons (Fsp3) is 0.400. The minimum absolute atomic E-state index is 0.529. The topological polar surface area (TPSA) is 26.0 Å². The van der Waals surface area contributed by atoms with Gasteiger partial charge in [0.05, 0.1) is 0 Å². The zero-order valence-electron chi connectivity index (χ0n) is 14.9. The number of nitrogens with two attached hydrogens (primary N) is 1. The average molecular weight is 287 g/mol. The molecule has 0 atom stereocenters. The second-order valence-corrected chi connectivity index (χ2v) is 4.44. The fourth-order valence-corrected chi connectivity index (χ4v) is 1.57. The number of anilines is 1. The lowest BCUT2D eigenvalue weighted by atomic mass is 10.0. The lowest BCUT2D eigenvalue weighted by Crippen LogP contribution is -1.94. The Hall–Kier alpha value is -1.76. The Balaban J connectivity index is 0. The highest BCUT2D eigenvalue weighted by Gasteiger charge is 2.00. The Morgan fingerprint density at radius 1 is 0.714 bits per heavy atom. The molecule has 0 aliphatic carbocycles. The Morgan fingerprint density at radius 3 is 1.43 bits per heavy atom. The van der Waals surface area contributed by atoms with E-state index >= 15 is 0 Å². The highest BCUT2D eigenvalue weighted by atomic mass is 14.6. The molecule has 0 aliphatic heterocycles. The highest BCUT2D eigenvalue weighted by molar-refractivity contribution is 5.47. The first-order chi connectivity index (χ1) is 10.1. The van der Waals surface area contributed by atoms with Gasteiger partial charge in [-0.2, -0.15) is 0 Å². The molecule has 0 spiro atoms. The molecular weight excluding hydrogens is 254 g/mol. The van der Waals surface area contributed by atoms with Crippen molar-refractivity contribution in [2.24, 2.45) is 0 Å². The van der Waals surface area contributed by atoms with Crippen LogP contribution in [0.2, 0.25) is 0 Å². The van der Waals surface area contributed by atoms with Crippen molar-refractivity contribution in [1.82, 2.24) is 0 Å². The standard InChI is InChI=1S/C9H13N.C7H8.2C2H6/c1-7(2)8-5-3-4-6-9(8)10;1-7-5-3-2-4-6-7;2*1-2/h3-7H,10H2,1-2H3;2-6H,1H3;2*1-2H3. The number of para-hydroxylation sites is 1. The Labute approximate surface area is 132 Å². The van der Waals surface area contributed by atoms with Crippen LogP contribution in [0.5, 0.6) is 0 Å². The minimum Gasteiger partial charge on any atom is -0.398 e. The van der Waals surface area contributed by atoms with Crippen LogP contribution in [0, 0.1) is 6.92 Å². The van der Waals surface area contributed by atoms with Gasteiger partial charge < -0.3 is 5.73 Å². The summed E-state index contributed by atoms with van der Waals surface area (Å²) >= 11 is 0. The van der Waals surface area contributed by atoms with E-state index in [0.29, 0.717) is 5.92 Å². The number of hydrogen-bond donors (Lipinski definition) is 1. The highest BCUT2D eigenvalue weighted by Crippen LogP contribution is 2.19. The summed E-state index contributed by atoms with van der Waals surface area (Å²) in [5, 5.41) is 0. The SMILES string of the molecule is CC.CC.CC(C)c1ccccc1N.Cc1ccccc1. The van der Waals surface area contributed by atoms with Gasteiger partial charge in [0, 0.05) is 5.69 Å². The van der Waals surface area contributed by atoms with Crippen LogP contribution in [-0.4, -0.2) is 0 Å². The van der Waals surface area contributed by atoms with Gasteiger partial charge in [0.25, 0.3) is 0 Å². The molecule has 0 fully saturated rings. The van der Waals surface area contributed by atoms with E-state index in [1.807, 2.05) is 64.1 Å². The molecule has 2 N–H and O–H groups in total. The van der Waals surface area contributed by atoms with E-state index in [1.54, 1.807) is 0 Å². The third-order valence-corrected chi connectivity index (χ3v) is 2.56. The van der Waals surface area contributed by atoms with Gasteiger partial charge in [0.1, 0.15) is 0 Å². The van der Waals surface area contributed by atoms with Crippen molar-refractivity contribution in [1.29, 1.82) is 0 Å². The predicted molar refractivity (Wildman–Crippen MR) is 98.8 cm³/mol. The Morgan fingerprint density at radius 2 is 1.14 bits per heavy atom. The lowest BCUT2D eigenvalue weighted by molar-refractivity contribution is 0.870. The van der Waals surface area contributed by atoms with Crippen molar-refractivity contribution in [3.63, 3.8) is 0 Å². The zero-order chi connectivity index (χ0) is 16.7. The van der Waals surface area contributed by atoms with E-state index in [1.165, 1.54) is 11.1 Å². The summed E-state index contributed by atoms with van der Waals surface area (Å²) in [6, 6.07) is 18.2. The van der Waals surface area contributed by atoms with Crippen LogP contribution in [0.4, 0.5) is 5.69 Å². The first-order valence-electron chi connectivity index (χ1n) is 7.97. The van der Waals surface area contributed by atoms with Crippen LogP contribution in [0.3, 0.4) is 0 Å². The smallest absolute Gasteiger partial charge is 0.0349 e. The second-order valence-electron chi connectivity index (χ2n) is 4.44. The van der Waals surface area contributed by atoms with Crippen LogP contribution >= 0.6 is 0 Å². The summed E-state index contributed by atoms with van der Waals surface area (Å²) < 4.78 is 0. The molecular formula is C20H33N. The molecule has 0 saturated carbocycles. The maximum atomic E-state index is 5.72. The lowest BCUT2D eigenvalue weighted by Gasteiger charge is -2.07. The summed E-state index contributed by atoms with van der Waals surface area (Å²) in [7, 11) is 0. The van der Waals surface area contributed by atoms with Crippen LogP contribution in [0.15, 0.2) is 54.6 Å². The molecule has 1 nitrogen and oxygen atoms in total. The van der Waals surface area contributed by atoms with Crippen molar-refractivity contribution in [2.45, 2.75) is 54.4 Å². The van der Waals surface area contributed by atoms with Crippen LogP contribution < -0.4 is 5.73 Å². The third-order valence-electron chi connectivity index (χ3n) is 2.56. The van der Waals surface area contributed by atoms with Crippen molar-refractivity contribution in [2.75, 3.05) is 5.73 Å². The van der Waals surface area contributed by atoms with E-state index in [9.17, 15) is 0 Å².